The van der Waals surface area contributed by atoms with Crippen LogP contribution in [0.2, 0.25) is 5.15 Å². The summed E-state index contributed by atoms with van der Waals surface area (Å²) in [5.41, 5.74) is 1.97. The molecule has 1 heterocycles. The van der Waals surface area contributed by atoms with Crippen LogP contribution in [0.3, 0.4) is 0 Å². The molecule has 1 aromatic carbocycles. The van der Waals surface area contributed by atoms with Gasteiger partial charge in [-0.2, -0.15) is 0 Å². The first-order valence-corrected chi connectivity index (χ1v) is 6.55. The molecule has 0 bridgehead atoms. The van der Waals surface area contributed by atoms with Gasteiger partial charge < -0.3 is 4.90 Å². The van der Waals surface area contributed by atoms with E-state index >= 15 is 0 Å². The second-order valence-corrected chi connectivity index (χ2v) is 4.73. The molecule has 0 radical (unpaired) electrons. The van der Waals surface area contributed by atoms with Crippen LogP contribution in [-0.2, 0) is 0 Å². The SMILES string of the molecule is CCN(c1cccc(C)c1)c1cc([N+](=O)[O-])cc(Cl)n1. The van der Waals surface area contributed by atoms with Gasteiger partial charge in [0.25, 0.3) is 5.69 Å². The van der Waals surface area contributed by atoms with E-state index in [2.05, 4.69) is 4.98 Å². The highest BCUT2D eigenvalue weighted by molar-refractivity contribution is 6.29. The van der Waals surface area contributed by atoms with Crippen molar-refractivity contribution in [3.05, 3.63) is 57.2 Å². The third-order valence-corrected chi connectivity index (χ3v) is 3.08. The molecule has 104 valence electrons. The van der Waals surface area contributed by atoms with E-state index in [0.717, 1.165) is 11.3 Å². The maximum atomic E-state index is 10.9. The number of halogens is 1. The maximum Gasteiger partial charge on any atom is 0.276 e. The van der Waals surface area contributed by atoms with Crippen molar-refractivity contribution >= 4 is 28.8 Å². The van der Waals surface area contributed by atoms with Crippen molar-refractivity contribution < 1.29 is 4.92 Å². The topological polar surface area (TPSA) is 59.3 Å². The van der Waals surface area contributed by atoms with Crippen molar-refractivity contribution in [2.24, 2.45) is 0 Å². The Morgan fingerprint density at radius 3 is 2.70 bits per heavy atom. The van der Waals surface area contributed by atoms with Gasteiger partial charge in [0, 0.05) is 12.2 Å². The zero-order chi connectivity index (χ0) is 14.7. The van der Waals surface area contributed by atoms with Crippen LogP contribution in [0.1, 0.15) is 12.5 Å². The van der Waals surface area contributed by atoms with Gasteiger partial charge in [-0.25, -0.2) is 4.98 Å². The lowest BCUT2D eigenvalue weighted by Crippen LogP contribution is -2.17. The minimum atomic E-state index is -0.471. The molecule has 0 aliphatic carbocycles. The molecule has 0 aliphatic heterocycles. The number of nitro groups is 1. The first kappa shape index (κ1) is 14.3. The third kappa shape index (κ3) is 3.05. The number of aryl methyl sites for hydroxylation is 1. The van der Waals surface area contributed by atoms with E-state index in [4.69, 9.17) is 11.6 Å². The van der Waals surface area contributed by atoms with Gasteiger partial charge in [-0.3, -0.25) is 10.1 Å². The first-order chi connectivity index (χ1) is 9.51. The van der Waals surface area contributed by atoms with E-state index in [1.165, 1.54) is 12.1 Å². The minimum Gasteiger partial charge on any atom is -0.326 e. The maximum absolute atomic E-state index is 10.9. The molecular formula is C14H14ClN3O2. The van der Waals surface area contributed by atoms with Crippen molar-refractivity contribution in [2.45, 2.75) is 13.8 Å². The Hall–Kier alpha value is -2.14. The van der Waals surface area contributed by atoms with Crippen LogP contribution in [-0.4, -0.2) is 16.5 Å². The number of rotatable bonds is 4. The van der Waals surface area contributed by atoms with Gasteiger partial charge in [0.2, 0.25) is 0 Å². The Morgan fingerprint density at radius 1 is 1.35 bits per heavy atom. The van der Waals surface area contributed by atoms with Gasteiger partial charge in [0.1, 0.15) is 11.0 Å². The van der Waals surface area contributed by atoms with Gasteiger partial charge in [0.05, 0.1) is 17.1 Å². The summed E-state index contributed by atoms with van der Waals surface area (Å²) in [6.07, 6.45) is 0. The molecule has 0 aliphatic rings. The molecule has 0 N–H and O–H groups in total. The number of benzene rings is 1. The van der Waals surface area contributed by atoms with E-state index < -0.39 is 4.92 Å². The second kappa shape index (κ2) is 5.88. The van der Waals surface area contributed by atoms with Crippen LogP contribution < -0.4 is 4.90 Å². The molecular weight excluding hydrogens is 278 g/mol. The van der Waals surface area contributed by atoms with Crippen LogP contribution in [0.4, 0.5) is 17.2 Å². The molecule has 0 saturated heterocycles. The molecule has 0 atom stereocenters. The summed E-state index contributed by atoms with van der Waals surface area (Å²) in [6.45, 7) is 4.58. The number of pyridine rings is 1. The quantitative estimate of drug-likeness (QED) is 0.483. The van der Waals surface area contributed by atoms with E-state index in [0.29, 0.717) is 12.4 Å². The van der Waals surface area contributed by atoms with Gasteiger partial charge in [-0.1, -0.05) is 23.7 Å². The Bertz CT molecular complexity index is 646. The first-order valence-electron chi connectivity index (χ1n) is 6.17. The summed E-state index contributed by atoms with van der Waals surface area (Å²) in [6, 6.07) is 10.5. The van der Waals surface area contributed by atoms with E-state index in [1.807, 2.05) is 43.0 Å². The normalized spacial score (nSPS) is 10.3. The zero-order valence-electron chi connectivity index (χ0n) is 11.2. The van der Waals surface area contributed by atoms with Crippen molar-refractivity contribution in [3.63, 3.8) is 0 Å². The Balaban J connectivity index is 2.49. The molecule has 0 fully saturated rings. The number of nitrogens with zero attached hydrogens (tertiary/aromatic N) is 3. The molecule has 20 heavy (non-hydrogen) atoms. The van der Waals surface area contributed by atoms with E-state index in [9.17, 15) is 10.1 Å². The highest BCUT2D eigenvalue weighted by Crippen LogP contribution is 2.29. The fourth-order valence-corrected chi connectivity index (χ4v) is 2.18. The minimum absolute atomic E-state index is 0.0638. The predicted octanol–water partition coefficient (Wildman–Crippen LogP) is 4.11. The summed E-state index contributed by atoms with van der Waals surface area (Å²) in [5, 5.41) is 11.0. The fourth-order valence-electron chi connectivity index (χ4n) is 1.99. The molecule has 0 amide bonds. The number of aromatic nitrogens is 1. The van der Waals surface area contributed by atoms with Gasteiger partial charge in [-0.15, -0.1) is 0 Å². The smallest absolute Gasteiger partial charge is 0.276 e. The molecule has 0 unspecified atom stereocenters. The van der Waals surface area contributed by atoms with Crippen molar-refractivity contribution in [3.8, 4) is 0 Å². The van der Waals surface area contributed by atoms with Crippen LogP contribution in [0.5, 0.6) is 0 Å². The zero-order valence-corrected chi connectivity index (χ0v) is 12.0. The van der Waals surface area contributed by atoms with Crippen LogP contribution in [0, 0.1) is 17.0 Å². The standard InChI is InChI=1S/C14H14ClN3O2/c1-3-17(11-6-4-5-10(2)7-11)14-9-12(18(19)20)8-13(15)16-14/h4-9H,3H2,1-2H3. The monoisotopic (exact) mass is 291 g/mol. The van der Waals surface area contributed by atoms with Crippen LogP contribution in [0.15, 0.2) is 36.4 Å². The lowest BCUT2D eigenvalue weighted by atomic mass is 10.2. The van der Waals surface area contributed by atoms with Crippen molar-refractivity contribution in [1.29, 1.82) is 0 Å². The number of hydrogen-bond donors (Lipinski definition) is 0. The number of hydrogen-bond acceptors (Lipinski definition) is 4. The average Bonchev–Trinajstić information content (AvgIpc) is 2.39. The lowest BCUT2D eigenvalue weighted by Gasteiger charge is -2.22. The summed E-state index contributed by atoms with van der Waals surface area (Å²) >= 11 is 5.87. The molecule has 0 spiro atoms. The molecule has 1 aromatic heterocycles. The lowest BCUT2D eigenvalue weighted by molar-refractivity contribution is -0.384. The molecule has 6 heteroatoms. The van der Waals surface area contributed by atoms with Gasteiger partial charge >= 0.3 is 0 Å². The largest absolute Gasteiger partial charge is 0.326 e. The van der Waals surface area contributed by atoms with Crippen LogP contribution >= 0.6 is 11.6 Å². The van der Waals surface area contributed by atoms with E-state index in [-0.39, 0.29) is 10.8 Å². The molecule has 0 saturated carbocycles. The highest BCUT2D eigenvalue weighted by atomic mass is 35.5. The van der Waals surface area contributed by atoms with E-state index in [1.54, 1.807) is 0 Å². The Labute approximate surface area is 122 Å². The average molecular weight is 292 g/mol. The fraction of sp³-hybridized carbons (Fsp3) is 0.214. The van der Waals surface area contributed by atoms with Gasteiger partial charge in [-0.05, 0) is 31.5 Å². The summed E-state index contributed by atoms with van der Waals surface area (Å²) in [5.74, 6) is 0.470. The summed E-state index contributed by atoms with van der Waals surface area (Å²) in [4.78, 5) is 16.5. The van der Waals surface area contributed by atoms with Crippen LogP contribution in [0.25, 0.3) is 0 Å². The Kier molecular flexibility index (Phi) is 4.20. The third-order valence-electron chi connectivity index (χ3n) is 2.88. The number of anilines is 2. The summed E-state index contributed by atoms with van der Waals surface area (Å²) < 4.78 is 0. The molecule has 2 rings (SSSR count). The Morgan fingerprint density at radius 2 is 2.10 bits per heavy atom. The van der Waals surface area contributed by atoms with Gasteiger partial charge in [0.15, 0.2) is 0 Å². The van der Waals surface area contributed by atoms with Crippen molar-refractivity contribution in [1.82, 2.24) is 4.98 Å². The molecule has 2 aromatic rings. The second-order valence-electron chi connectivity index (χ2n) is 4.35. The highest BCUT2D eigenvalue weighted by Gasteiger charge is 2.15. The predicted molar refractivity (Wildman–Crippen MR) is 79.8 cm³/mol. The molecule has 5 nitrogen and oxygen atoms in total. The van der Waals surface area contributed by atoms with Crippen molar-refractivity contribution in [2.75, 3.05) is 11.4 Å². The summed E-state index contributed by atoms with van der Waals surface area (Å²) in [7, 11) is 0.